The van der Waals surface area contributed by atoms with Crippen molar-refractivity contribution in [2.75, 3.05) is 7.11 Å². The second-order valence-electron chi connectivity index (χ2n) is 6.23. The Balaban J connectivity index is 1.91. The van der Waals surface area contributed by atoms with E-state index in [2.05, 4.69) is 22.0 Å². The van der Waals surface area contributed by atoms with Gasteiger partial charge in [0.2, 0.25) is 0 Å². The highest BCUT2D eigenvalue weighted by molar-refractivity contribution is 9.10. The number of halogens is 4. The van der Waals surface area contributed by atoms with Gasteiger partial charge in [0.25, 0.3) is 0 Å². The molecule has 0 aliphatic heterocycles. The van der Waals surface area contributed by atoms with Crippen LogP contribution < -0.4 is 9.47 Å². The summed E-state index contributed by atoms with van der Waals surface area (Å²) in [5, 5.41) is 10.5. The maximum atomic E-state index is 13.1. The molecule has 0 amide bonds. The average Bonchev–Trinajstić information content (AvgIpc) is 2.73. The zero-order chi connectivity index (χ0) is 21.7. The maximum absolute atomic E-state index is 13.1. The molecule has 0 aliphatic carbocycles. The molecule has 0 atom stereocenters. The predicted molar refractivity (Wildman–Crippen MR) is 121 cm³/mol. The van der Waals surface area contributed by atoms with Crippen molar-refractivity contribution in [1.29, 1.82) is 5.26 Å². The third kappa shape index (κ3) is 5.34. The lowest BCUT2D eigenvalue weighted by atomic mass is 10.0. The minimum Gasteiger partial charge on any atom is -0.493 e. The van der Waals surface area contributed by atoms with Gasteiger partial charge in [0.15, 0.2) is 11.5 Å². The largest absolute Gasteiger partial charge is 0.493 e. The summed E-state index contributed by atoms with van der Waals surface area (Å²) in [5.74, 6) is 0.698. The van der Waals surface area contributed by atoms with Crippen molar-refractivity contribution >= 4 is 50.8 Å². The van der Waals surface area contributed by atoms with Crippen molar-refractivity contribution in [3.05, 3.63) is 91.6 Å². The van der Waals surface area contributed by atoms with Crippen LogP contribution in [0.1, 0.15) is 16.7 Å². The summed E-state index contributed by atoms with van der Waals surface area (Å²) in [7, 11) is 1.53. The third-order valence-electron chi connectivity index (χ3n) is 4.23. The average molecular weight is 507 g/mol. The number of allylic oxidation sites excluding steroid dienone is 1. The first kappa shape index (κ1) is 22.2. The molecular formula is C23H15BrCl2FNO2. The number of rotatable bonds is 6. The van der Waals surface area contributed by atoms with E-state index in [1.807, 2.05) is 0 Å². The van der Waals surface area contributed by atoms with E-state index in [-0.39, 0.29) is 12.4 Å². The lowest BCUT2D eigenvalue weighted by Crippen LogP contribution is -1.98. The Morgan fingerprint density at radius 3 is 2.47 bits per heavy atom. The summed E-state index contributed by atoms with van der Waals surface area (Å²) >= 11 is 15.7. The number of hydrogen-bond donors (Lipinski definition) is 0. The number of ether oxygens (including phenoxy) is 2. The third-order valence-corrected chi connectivity index (χ3v) is 5.47. The van der Waals surface area contributed by atoms with Gasteiger partial charge in [0.1, 0.15) is 12.4 Å². The fourth-order valence-electron chi connectivity index (χ4n) is 2.71. The standard InChI is InChI=1S/C23H15BrCl2FNO2/c1-29-22-9-15(8-16(12-28)19-7-4-17(25)10-21(19)26)20(24)11-23(22)30-13-14-2-5-18(27)6-3-14/h2-11H,13H2,1H3. The Morgan fingerprint density at radius 2 is 1.83 bits per heavy atom. The molecule has 3 aromatic rings. The van der Waals surface area contributed by atoms with Crippen molar-refractivity contribution in [3.63, 3.8) is 0 Å². The highest BCUT2D eigenvalue weighted by Crippen LogP contribution is 2.36. The van der Waals surface area contributed by atoms with Crippen LogP contribution in [0.4, 0.5) is 4.39 Å². The van der Waals surface area contributed by atoms with E-state index in [9.17, 15) is 9.65 Å². The monoisotopic (exact) mass is 505 g/mol. The van der Waals surface area contributed by atoms with Crippen LogP contribution in [0, 0.1) is 17.1 Å². The van der Waals surface area contributed by atoms with Crippen LogP contribution >= 0.6 is 39.1 Å². The van der Waals surface area contributed by atoms with Crippen LogP contribution in [0.15, 0.2) is 59.1 Å². The van der Waals surface area contributed by atoms with Crippen LogP contribution in [0.2, 0.25) is 10.0 Å². The van der Waals surface area contributed by atoms with Crippen molar-refractivity contribution in [2.45, 2.75) is 6.61 Å². The molecule has 152 valence electrons. The summed E-state index contributed by atoms with van der Waals surface area (Å²) in [5.41, 5.74) is 2.48. The molecule has 3 nitrogen and oxygen atoms in total. The van der Waals surface area contributed by atoms with E-state index >= 15 is 0 Å². The number of methoxy groups -OCH3 is 1. The number of nitrogens with zero attached hydrogens (tertiary/aromatic N) is 1. The van der Waals surface area contributed by atoms with Crippen LogP contribution in [-0.2, 0) is 6.61 Å². The molecule has 0 fully saturated rings. The number of benzene rings is 3. The number of nitriles is 1. The van der Waals surface area contributed by atoms with E-state index in [4.69, 9.17) is 32.7 Å². The SMILES string of the molecule is COc1cc(C=C(C#N)c2ccc(Cl)cc2Cl)c(Br)cc1OCc1ccc(F)cc1. The molecular weight excluding hydrogens is 492 g/mol. The second kappa shape index (κ2) is 9.99. The zero-order valence-electron chi connectivity index (χ0n) is 15.8. The topological polar surface area (TPSA) is 42.2 Å². The van der Waals surface area contributed by atoms with E-state index in [0.717, 1.165) is 5.56 Å². The van der Waals surface area contributed by atoms with Gasteiger partial charge >= 0.3 is 0 Å². The quantitative estimate of drug-likeness (QED) is 0.256. The maximum Gasteiger partial charge on any atom is 0.162 e. The minimum atomic E-state index is -0.302. The molecule has 0 N–H and O–H groups in total. The second-order valence-corrected chi connectivity index (χ2v) is 7.93. The molecule has 7 heteroatoms. The molecule has 0 radical (unpaired) electrons. The Labute approximate surface area is 192 Å². The zero-order valence-corrected chi connectivity index (χ0v) is 18.9. The first-order valence-electron chi connectivity index (χ1n) is 8.73. The van der Waals surface area contributed by atoms with Gasteiger partial charge < -0.3 is 9.47 Å². The van der Waals surface area contributed by atoms with E-state index < -0.39 is 0 Å². The van der Waals surface area contributed by atoms with Crippen LogP contribution in [-0.4, -0.2) is 7.11 Å². The van der Waals surface area contributed by atoms with Crippen LogP contribution in [0.25, 0.3) is 11.6 Å². The summed E-state index contributed by atoms with van der Waals surface area (Å²) in [6, 6.07) is 16.7. The summed E-state index contributed by atoms with van der Waals surface area (Å²) in [6.45, 7) is 0.252. The molecule has 30 heavy (non-hydrogen) atoms. The van der Waals surface area contributed by atoms with Gasteiger partial charge in [-0.1, -0.05) is 57.3 Å². The lowest BCUT2D eigenvalue weighted by molar-refractivity contribution is 0.284. The first-order chi connectivity index (χ1) is 14.4. The van der Waals surface area contributed by atoms with Gasteiger partial charge in [-0.2, -0.15) is 5.26 Å². The minimum absolute atomic E-state index is 0.252. The fourth-order valence-corrected chi connectivity index (χ4v) is 3.66. The Kier molecular flexibility index (Phi) is 7.38. The molecule has 0 saturated carbocycles. The molecule has 0 heterocycles. The van der Waals surface area contributed by atoms with Gasteiger partial charge in [-0.3, -0.25) is 0 Å². The number of hydrogen-bond acceptors (Lipinski definition) is 3. The van der Waals surface area contributed by atoms with E-state index in [0.29, 0.717) is 42.7 Å². The molecule has 0 aliphatic rings. The molecule has 3 rings (SSSR count). The highest BCUT2D eigenvalue weighted by Gasteiger charge is 2.13. The van der Waals surface area contributed by atoms with Crippen molar-refractivity contribution < 1.29 is 13.9 Å². The summed E-state index contributed by atoms with van der Waals surface area (Å²) in [4.78, 5) is 0. The molecule has 0 saturated heterocycles. The van der Waals surface area contributed by atoms with Crippen molar-refractivity contribution in [1.82, 2.24) is 0 Å². The fraction of sp³-hybridized carbons (Fsp3) is 0.0870. The molecule has 0 unspecified atom stereocenters. The Morgan fingerprint density at radius 1 is 1.10 bits per heavy atom. The van der Waals surface area contributed by atoms with Gasteiger partial charge in [0.05, 0.1) is 23.8 Å². The van der Waals surface area contributed by atoms with Gasteiger partial charge in [-0.05, 0) is 53.6 Å². The Hall–Kier alpha value is -2.52. The highest BCUT2D eigenvalue weighted by atomic mass is 79.9. The van der Waals surface area contributed by atoms with Crippen molar-refractivity contribution in [3.8, 4) is 17.6 Å². The summed E-state index contributed by atoms with van der Waals surface area (Å²) in [6.07, 6.45) is 1.70. The normalized spacial score (nSPS) is 11.1. The van der Waals surface area contributed by atoms with Gasteiger partial charge in [-0.25, -0.2) is 4.39 Å². The van der Waals surface area contributed by atoms with Crippen LogP contribution in [0.3, 0.4) is 0 Å². The van der Waals surface area contributed by atoms with E-state index in [1.54, 1.807) is 48.5 Å². The summed E-state index contributed by atoms with van der Waals surface area (Å²) < 4.78 is 25.0. The Bertz CT molecular complexity index is 1140. The van der Waals surface area contributed by atoms with Gasteiger partial charge in [-0.15, -0.1) is 0 Å². The predicted octanol–water partition coefficient (Wildman–Crippen LogP) is 7.55. The molecule has 0 aromatic heterocycles. The van der Waals surface area contributed by atoms with Crippen LogP contribution in [0.5, 0.6) is 11.5 Å². The smallest absolute Gasteiger partial charge is 0.162 e. The lowest BCUT2D eigenvalue weighted by Gasteiger charge is -2.13. The van der Waals surface area contributed by atoms with E-state index in [1.165, 1.54) is 19.2 Å². The molecule has 3 aromatic carbocycles. The van der Waals surface area contributed by atoms with Crippen molar-refractivity contribution in [2.24, 2.45) is 0 Å². The first-order valence-corrected chi connectivity index (χ1v) is 10.3. The molecule has 0 bridgehead atoms. The van der Waals surface area contributed by atoms with Gasteiger partial charge in [0, 0.05) is 15.1 Å². The molecule has 0 spiro atoms.